The van der Waals surface area contributed by atoms with Crippen LogP contribution in [0.15, 0.2) is 22.7 Å². The molecule has 19 heavy (non-hydrogen) atoms. The van der Waals surface area contributed by atoms with Crippen molar-refractivity contribution in [1.29, 1.82) is 0 Å². The third kappa shape index (κ3) is 6.61. The summed E-state index contributed by atoms with van der Waals surface area (Å²) in [6.07, 6.45) is 2.60. The van der Waals surface area contributed by atoms with Gasteiger partial charge in [-0.2, -0.15) is 11.8 Å². The van der Waals surface area contributed by atoms with Gasteiger partial charge in [0.05, 0.1) is 6.04 Å². The van der Waals surface area contributed by atoms with Crippen LogP contribution < -0.4 is 11.1 Å². The molecule has 0 aliphatic heterocycles. The van der Waals surface area contributed by atoms with Crippen molar-refractivity contribution < 1.29 is 9.18 Å². The Morgan fingerprint density at radius 2 is 2.26 bits per heavy atom. The molecule has 1 atom stereocenters. The van der Waals surface area contributed by atoms with E-state index in [1.165, 1.54) is 12.1 Å². The van der Waals surface area contributed by atoms with Gasteiger partial charge in [0.25, 0.3) is 0 Å². The lowest BCUT2D eigenvalue weighted by molar-refractivity contribution is -0.122. The Kier molecular flexibility index (Phi) is 9.43. The molecule has 0 heterocycles. The van der Waals surface area contributed by atoms with E-state index in [2.05, 4.69) is 21.2 Å². The maximum Gasteiger partial charge on any atom is 0.237 e. The van der Waals surface area contributed by atoms with Crippen LogP contribution in [0.5, 0.6) is 0 Å². The summed E-state index contributed by atoms with van der Waals surface area (Å²) in [5.41, 5.74) is 6.42. The first-order chi connectivity index (χ1) is 8.54. The van der Waals surface area contributed by atoms with Crippen molar-refractivity contribution in [3.05, 3.63) is 34.1 Å². The molecule has 7 heteroatoms. The van der Waals surface area contributed by atoms with Crippen LogP contribution in [-0.4, -0.2) is 24.0 Å². The van der Waals surface area contributed by atoms with E-state index >= 15 is 0 Å². The molecule has 0 fully saturated rings. The van der Waals surface area contributed by atoms with E-state index in [1.54, 1.807) is 17.8 Å². The number of carbonyl (C=O) groups excluding carboxylic acids is 1. The van der Waals surface area contributed by atoms with Gasteiger partial charge in [0, 0.05) is 11.0 Å². The van der Waals surface area contributed by atoms with E-state index in [9.17, 15) is 9.18 Å². The molecule has 0 saturated carbocycles. The zero-order valence-corrected chi connectivity index (χ0v) is 13.7. The van der Waals surface area contributed by atoms with Crippen molar-refractivity contribution in [2.75, 3.05) is 12.0 Å². The predicted molar refractivity (Wildman–Crippen MR) is 84.2 cm³/mol. The minimum Gasteiger partial charge on any atom is -0.351 e. The molecule has 1 amide bonds. The van der Waals surface area contributed by atoms with Crippen LogP contribution in [0.1, 0.15) is 12.0 Å². The molecule has 1 aromatic rings. The standard InChI is InChI=1S/C12H16BrFN2OS.ClH/c1-18-5-4-11(15)12(17)16-7-8-6-9(14)2-3-10(8)13;/h2-3,6,11H,4-5,7,15H2,1H3,(H,16,17);1H/t11-;/m0./s1. The van der Waals surface area contributed by atoms with Gasteiger partial charge >= 0.3 is 0 Å². The normalized spacial score (nSPS) is 11.6. The summed E-state index contributed by atoms with van der Waals surface area (Å²) in [6, 6.07) is 3.85. The van der Waals surface area contributed by atoms with Gasteiger partial charge in [0.1, 0.15) is 5.82 Å². The van der Waals surface area contributed by atoms with Crippen molar-refractivity contribution in [3.8, 4) is 0 Å². The van der Waals surface area contributed by atoms with E-state index in [-0.39, 0.29) is 30.7 Å². The Labute approximate surface area is 131 Å². The summed E-state index contributed by atoms with van der Waals surface area (Å²) in [5.74, 6) is 0.312. The predicted octanol–water partition coefficient (Wildman–Crippen LogP) is 2.71. The fourth-order valence-electron chi connectivity index (χ4n) is 1.37. The zero-order valence-electron chi connectivity index (χ0n) is 10.5. The van der Waals surface area contributed by atoms with Gasteiger partial charge < -0.3 is 11.1 Å². The number of amides is 1. The molecular weight excluding hydrogens is 355 g/mol. The molecule has 1 rings (SSSR count). The van der Waals surface area contributed by atoms with E-state index in [1.807, 2.05) is 6.26 Å². The highest BCUT2D eigenvalue weighted by Crippen LogP contribution is 2.17. The van der Waals surface area contributed by atoms with Gasteiger partial charge in [0.15, 0.2) is 0 Å². The van der Waals surface area contributed by atoms with Crippen LogP contribution in [0.4, 0.5) is 4.39 Å². The van der Waals surface area contributed by atoms with E-state index in [0.29, 0.717) is 12.0 Å². The average Bonchev–Trinajstić information content (AvgIpc) is 2.36. The number of rotatable bonds is 6. The quantitative estimate of drug-likeness (QED) is 0.808. The molecule has 1 aromatic carbocycles. The highest BCUT2D eigenvalue weighted by atomic mass is 79.9. The number of benzene rings is 1. The molecule has 0 aliphatic carbocycles. The zero-order chi connectivity index (χ0) is 13.5. The van der Waals surface area contributed by atoms with Gasteiger partial charge in [-0.3, -0.25) is 4.79 Å². The average molecular weight is 372 g/mol. The first kappa shape index (κ1) is 18.7. The molecule has 108 valence electrons. The second-order valence-corrected chi connectivity index (χ2v) is 5.68. The third-order valence-electron chi connectivity index (χ3n) is 2.43. The number of carbonyl (C=O) groups is 1. The first-order valence-electron chi connectivity index (χ1n) is 5.50. The van der Waals surface area contributed by atoms with Gasteiger partial charge in [-0.05, 0) is 42.2 Å². The molecular formula is C12H17BrClFN2OS. The SMILES string of the molecule is CSCC[C@H](N)C(=O)NCc1cc(F)ccc1Br.Cl. The number of hydrogen-bond donors (Lipinski definition) is 2. The molecule has 0 aliphatic rings. The lowest BCUT2D eigenvalue weighted by Gasteiger charge is -2.12. The van der Waals surface area contributed by atoms with Crippen LogP contribution in [0, 0.1) is 5.82 Å². The maximum atomic E-state index is 13.0. The summed E-state index contributed by atoms with van der Waals surface area (Å²) in [5, 5.41) is 2.71. The Bertz CT molecular complexity index is 423. The lowest BCUT2D eigenvalue weighted by atomic mass is 10.2. The smallest absolute Gasteiger partial charge is 0.237 e. The fraction of sp³-hybridized carbons (Fsp3) is 0.417. The second-order valence-electron chi connectivity index (χ2n) is 3.84. The number of halogens is 3. The number of hydrogen-bond acceptors (Lipinski definition) is 3. The van der Waals surface area contributed by atoms with Crippen molar-refractivity contribution in [2.24, 2.45) is 5.73 Å². The van der Waals surface area contributed by atoms with Crippen LogP contribution >= 0.6 is 40.1 Å². The second kappa shape index (κ2) is 9.58. The van der Waals surface area contributed by atoms with Crippen molar-refractivity contribution in [2.45, 2.75) is 19.0 Å². The topological polar surface area (TPSA) is 55.1 Å². The Morgan fingerprint density at radius 3 is 2.89 bits per heavy atom. The highest BCUT2D eigenvalue weighted by Gasteiger charge is 2.13. The van der Waals surface area contributed by atoms with Gasteiger partial charge in [-0.1, -0.05) is 15.9 Å². The van der Waals surface area contributed by atoms with Gasteiger partial charge in [-0.25, -0.2) is 4.39 Å². The molecule has 0 saturated heterocycles. The van der Waals surface area contributed by atoms with Gasteiger partial charge in [-0.15, -0.1) is 12.4 Å². The Morgan fingerprint density at radius 1 is 1.58 bits per heavy atom. The first-order valence-corrected chi connectivity index (χ1v) is 7.69. The van der Waals surface area contributed by atoms with E-state index in [0.717, 1.165) is 10.2 Å². The monoisotopic (exact) mass is 370 g/mol. The molecule has 3 N–H and O–H groups in total. The van der Waals surface area contributed by atoms with E-state index < -0.39 is 6.04 Å². The summed E-state index contributed by atoms with van der Waals surface area (Å²) in [6.45, 7) is 0.268. The summed E-state index contributed by atoms with van der Waals surface area (Å²) in [4.78, 5) is 11.7. The largest absolute Gasteiger partial charge is 0.351 e. The minimum absolute atomic E-state index is 0. The van der Waals surface area contributed by atoms with Crippen molar-refractivity contribution >= 4 is 46.0 Å². The molecule has 0 unspecified atom stereocenters. The third-order valence-corrected chi connectivity index (χ3v) is 3.85. The van der Waals surface area contributed by atoms with E-state index in [4.69, 9.17) is 5.73 Å². The van der Waals surface area contributed by atoms with Gasteiger partial charge in [0.2, 0.25) is 5.91 Å². The van der Waals surface area contributed by atoms with Crippen LogP contribution in [0.25, 0.3) is 0 Å². The van der Waals surface area contributed by atoms with Crippen LogP contribution in [-0.2, 0) is 11.3 Å². The van der Waals surface area contributed by atoms with Crippen LogP contribution in [0.2, 0.25) is 0 Å². The highest BCUT2D eigenvalue weighted by molar-refractivity contribution is 9.10. The van der Waals surface area contributed by atoms with Crippen molar-refractivity contribution in [1.82, 2.24) is 5.32 Å². The minimum atomic E-state index is -0.509. The molecule has 0 spiro atoms. The number of thioether (sulfide) groups is 1. The van der Waals surface area contributed by atoms with Crippen molar-refractivity contribution in [3.63, 3.8) is 0 Å². The molecule has 0 aromatic heterocycles. The fourth-order valence-corrected chi connectivity index (χ4v) is 2.24. The molecule has 3 nitrogen and oxygen atoms in total. The number of nitrogens with two attached hydrogens (primary N) is 1. The summed E-state index contributed by atoms with van der Waals surface area (Å²) in [7, 11) is 0. The van der Waals surface area contributed by atoms with Crippen LogP contribution in [0.3, 0.4) is 0 Å². The maximum absolute atomic E-state index is 13.0. The molecule has 0 radical (unpaired) electrons. The lowest BCUT2D eigenvalue weighted by Crippen LogP contribution is -2.40. The number of nitrogens with one attached hydrogen (secondary N) is 1. The summed E-state index contributed by atoms with van der Waals surface area (Å²) < 4.78 is 13.8. The molecule has 0 bridgehead atoms. The Hall–Kier alpha value is -0.300. The summed E-state index contributed by atoms with van der Waals surface area (Å²) >= 11 is 4.96. The Balaban J connectivity index is 0.00000324.